The SMILES string of the molecule is CSc1nc(NC[C@H](C)O)c2sc3nc(C(C)C)c4c(c3c2n1)CCC4. The van der Waals surface area contributed by atoms with Crippen molar-refractivity contribution in [3.05, 3.63) is 16.8 Å². The molecule has 0 fully saturated rings. The lowest BCUT2D eigenvalue weighted by Crippen LogP contribution is -2.16. The smallest absolute Gasteiger partial charge is 0.189 e. The number of anilines is 1. The maximum absolute atomic E-state index is 9.66. The van der Waals surface area contributed by atoms with Crippen LogP contribution in [0.5, 0.6) is 0 Å². The Morgan fingerprint density at radius 1 is 1.15 bits per heavy atom. The third kappa shape index (κ3) is 2.96. The van der Waals surface area contributed by atoms with Gasteiger partial charge in [-0.1, -0.05) is 25.6 Å². The molecule has 0 radical (unpaired) electrons. The lowest BCUT2D eigenvalue weighted by molar-refractivity contribution is 0.208. The molecular weight excluding hydrogens is 364 g/mol. The van der Waals surface area contributed by atoms with Crippen LogP contribution in [0, 0.1) is 0 Å². The van der Waals surface area contributed by atoms with Crippen molar-refractivity contribution in [1.29, 1.82) is 0 Å². The van der Waals surface area contributed by atoms with Gasteiger partial charge in [0.15, 0.2) is 5.16 Å². The zero-order valence-corrected chi connectivity index (χ0v) is 17.2. The van der Waals surface area contributed by atoms with E-state index in [0.29, 0.717) is 12.5 Å². The Morgan fingerprint density at radius 3 is 2.62 bits per heavy atom. The molecule has 3 aromatic rings. The van der Waals surface area contributed by atoms with Gasteiger partial charge in [0.05, 0.1) is 16.3 Å². The summed E-state index contributed by atoms with van der Waals surface area (Å²) in [5.74, 6) is 1.23. The first-order valence-corrected chi connectivity index (χ1v) is 11.2. The van der Waals surface area contributed by atoms with E-state index in [1.807, 2.05) is 6.26 Å². The number of hydrogen-bond acceptors (Lipinski definition) is 7. The quantitative estimate of drug-likeness (QED) is 0.500. The summed E-state index contributed by atoms with van der Waals surface area (Å²) in [6.07, 6.45) is 4.99. The maximum atomic E-state index is 9.66. The number of hydrogen-bond donors (Lipinski definition) is 2. The average Bonchev–Trinajstić information content (AvgIpc) is 3.22. The Bertz CT molecular complexity index is 981. The van der Waals surface area contributed by atoms with Gasteiger partial charge in [-0.15, -0.1) is 11.3 Å². The van der Waals surface area contributed by atoms with Crippen molar-refractivity contribution in [2.45, 2.75) is 57.2 Å². The van der Waals surface area contributed by atoms with Crippen LogP contribution in [-0.2, 0) is 12.8 Å². The van der Waals surface area contributed by atoms with Crippen LogP contribution in [0.4, 0.5) is 5.82 Å². The fourth-order valence-electron chi connectivity index (χ4n) is 3.71. The molecule has 5 nitrogen and oxygen atoms in total. The topological polar surface area (TPSA) is 70.9 Å². The minimum Gasteiger partial charge on any atom is -0.392 e. The molecule has 0 saturated heterocycles. The zero-order chi connectivity index (χ0) is 18.4. The Morgan fingerprint density at radius 2 is 1.92 bits per heavy atom. The molecule has 1 aliphatic rings. The summed E-state index contributed by atoms with van der Waals surface area (Å²) in [5, 5.41) is 14.9. The van der Waals surface area contributed by atoms with Gasteiger partial charge in [0.2, 0.25) is 0 Å². The molecule has 138 valence electrons. The van der Waals surface area contributed by atoms with Gasteiger partial charge in [0.1, 0.15) is 10.6 Å². The van der Waals surface area contributed by atoms with Crippen LogP contribution in [0.1, 0.15) is 49.9 Å². The third-order valence-corrected chi connectivity index (χ3v) is 6.47. The summed E-state index contributed by atoms with van der Waals surface area (Å²) in [4.78, 5) is 15.6. The highest BCUT2D eigenvalue weighted by Gasteiger charge is 2.25. The molecule has 0 unspecified atom stereocenters. The van der Waals surface area contributed by atoms with Gasteiger partial charge in [-0.25, -0.2) is 15.0 Å². The molecule has 0 saturated carbocycles. The van der Waals surface area contributed by atoms with Gasteiger partial charge in [0.25, 0.3) is 0 Å². The number of nitrogens with one attached hydrogen (secondary N) is 1. The standard InChI is InChI=1S/C19H24N4OS2/c1-9(2)14-12-7-5-6-11(12)13-15-16(26-18(13)21-14)17(20-8-10(3)24)23-19(22-15)25-4/h9-10,24H,5-8H2,1-4H3,(H,20,22,23)/t10-/m0/s1. The highest BCUT2D eigenvalue weighted by Crippen LogP contribution is 2.43. The van der Waals surface area contributed by atoms with E-state index in [9.17, 15) is 5.11 Å². The molecule has 2 N–H and O–H groups in total. The van der Waals surface area contributed by atoms with Gasteiger partial charge in [-0.3, -0.25) is 0 Å². The predicted molar refractivity (Wildman–Crippen MR) is 111 cm³/mol. The number of pyridine rings is 1. The van der Waals surface area contributed by atoms with Crippen LogP contribution in [0.25, 0.3) is 20.4 Å². The summed E-state index contributed by atoms with van der Waals surface area (Å²) >= 11 is 3.21. The van der Waals surface area contributed by atoms with Crippen molar-refractivity contribution in [3.63, 3.8) is 0 Å². The number of aliphatic hydroxyl groups is 1. The predicted octanol–water partition coefficient (Wildman–Crippen LogP) is 4.37. The second kappa shape index (κ2) is 6.94. The maximum Gasteiger partial charge on any atom is 0.189 e. The number of thiophene rings is 1. The number of fused-ring (bicyclic) bond motifs is 5. The van der Waals surface area contributed by atoms with E-state index in [-0.39, 0.29) is 0 Å². The summed E-state index contributed by atoms with van der Waals surface area (Å²) in [6, 6.07) is 0. The molecule has 0 amide bonds. The van der Waals surface area contributed by atoms with Crippen LogP contribution < -0.4 is 5.32 Å². The molecule has 0 aliphatic heterocycles. The van der Waals surface area contributed by atoms with Gasteiger partial charge < -0.3 is 10.4 Å². The minimum absolute atomic E-state index is 0.428. The molecular formula is C19H24N4OS2. The van der Waals surface area contributed by atoms with Gasteiger partial charge >= 0.3 is 0 Å². The molecule has 4 rings (SSSR count). The van der Waals surface area contributed by atoms with E-state index in [1.54, 1.807) is 30.0 Å². The van der Waals surface area contributed by atoms with Crippen LogP contribution >= 0.6 is 23.1 Å². The first-order chi connectivity index (χ1) is 12.5. The zero-order valence-electron chi connectivity index (χ0n) is 15.6. The molecule has 1 atom stereocenters. The van der Waals surface area contributed by atoms with Crippen LogP contribution in [-0.4, -0.2) is 39.0 Å². The molecule has 3 aromatic heterocycles. The normalized spacial score (nSPS) is 15.2. The summed E-state index contributed by atoms with van der Waals surface area (Å²) in [5.41, 5.74) is 5.14. The molecule has 0 bridgehead atoms. The van der Waals surface area contributed by atoms with Gasteiger partial charge in [-0.2, -0.15) is 0 Å². The minimum atomic E-state index is -0.429. The van der Waals surface area contributed by atoms with Crippen LogP contribution in [0.2, 0.25) is 0 Å². The summed E-state index contributed by atoms with van der Waals surface area (Å²) in [6.45, 7) is 6.69. The second-order valence-corrected chi connectivity index (χ2v) is 8.98. The Kier molecular flexibility index (Phi) is 4.79. The highest BCUT2D eigenvalue weighted by molar-refractivity contribution is 7.98. The molecule has 1 aliphatic carbocycles. The fourth-order valence-corrected chi connectivity index (χ4v) is 5.19. The molecule has 0 spiro atoms. The van der Waals surface area contributed by atoms with Gasteiger partial charge in [0, 0.05) is 17.6 Å². The van der Waals surface area contributed by atoms with Crippen LogP contribution in [0.15, 0.2) is 5.16 Å². The van der Waals surface area contributed by atoms with E-state index < -0.39 is 6.10 Å². The Hall–Kier alpha value is -1.44. The Labute approximate surface area is 161 Å². The lowest BCUT2D eigenvalue weighted by atomic mass is 9.99. The highest BCUT2D eigenvalue weighted by atomic mass is 32.2. The fraction of sp³-hybridized carbons (Fsp3) is 0.526. The molecule has 7 heteroatoms. The summed E-state index contributed by atoms with van der Waals surface area (Å²) < 4.78 is 1.04. The third-order valence-electron chi connectivity index (χ3n) is 4.84. The largest absolute Gasteiger partial charge is 0.392 e. The van der Waals surface area contributed by atoms with E-state index in [1.165, 1.54) is 28.6 Å². The monoisotopic (exact) mass is 388 g/mol. The van der Waals surface area contributed by atoms with Crippen LogP contribution in [0.3, 0.4) is 0 Å². The van der Waals surface area contributed by atoms with Crippen molar-refractivity contribution in [2.75, 3.05) is 18.1 Å². The number of aliphatic hydroxyl groups excluding tert-OH is 1. The molecule has 0 aromatic carbocycles. The Balaban J connectivity index is 2.01. The van der Waals surface area contributed by atoms with E-state index in [4.69, 9.17) is 9.97 Å². The van der Waals surface area contributed by atoms with Gasteiger partial charge in [-0.05, 0) is 49.5 Å². The van der Waals surface area contributed by atoms with Crippen molar-refractivity contribution in [3.8, 4) is 0 Å². The lowest BCUT2D eigenvalue weighted by Gasteiger charge is -2.12. The van der Waals surface area contributed by atoms with Crippen molar-refractivity contribution < 1.29 is 5.11 Å². The van der Waals surface area contributed by atoms with E-state index in [0.717, 1.165) is 38.9 Å². The first-order valence-electron chi connectivity index (χ1n) is 9.11. The number of aryl methyl sites for hydroxylation is 1. The second-order valence-electron chi connectivity index (χ2n) is 7.21. The van der Waals surface area contributed by atoms with E-state index in [2.05, 4.69) is 24.1 Å². The first kappa shape index (κ1) is 17.9. The number of nitrogens with zero attached hydrogens (tertiary/aromatic N) is 3. The molecule has 26 heavy (non-hydrogen) atoms. The van der Waals surface area contributed by atoms with Crippen molar-refractivity contribution in [2.24, 2.45) is 0 Å². The van der Waals surface area contributed by atoms with Crippen molar-refractivity contribution >= 4 is 49.3 Å². The molecule has 3 heterocycles. The van der Waals surface area contributed by atoms with E-state index >= 15 is 0 Å². The summed E-state index contributed by atoms with van der Waals surface area (Å²) in [7, 11) is 0. The number of thioether (sulfide) groups is 1. The number of rotatable bonds is 5. The number of aromatic nitrogens is 3. The van der Waals surface area contributed by atoms with Crippen molar-refractivity contribution in [1.82, 2.24) is 15.0 Å². The average molecular weight is 389 g/mol.